The molecular formula is C24H26F5NO. The average Bonchev–Trinajstić information content (AvgIpc) is 3.20. The predicted molar refractivity (Wildman–Crippen MR) is 110 cm³/mol. The summed E-state index contributed by atoms with van der Waals surface area (Å²) in [4.78, 5) is 3.22. The van der Waals surface area contributed by atoms with Crippen molar-refractivity contribution in [3.05, 3.63) is 70.7 Å². The van der Waals surface area contributed by atoms with Crippen molar-refractivity contribution in [2.45, 2.75) is 63.9 Å². The molecule has 0 fully saturated rings. The fraction of sp³-hybridized carbons (Fsp3) is 0.417. The second kappa shape index (κ2) is 10.3. The lowest BCUT2D eigenvalue weighted by atomic mass is 9.93. The summed E-state index contributed by atoms with van der Waals surface area (Å²) in [7, 11) is 0. The summed E-state index contributed by atoms with van der Waals surface area (Å²) in [6, 6.07) is 9.76. The van der Waals surface area contributed by atoms with Crippen LogP contribution in [0.5, 0.6) is 0 Å². The molecule has 0 radical (unpaired) electrons. The van der Waals surface area contributed by atoms with Crippen molar-refractivity contribution >= 4 is 10.9 Å². The maximum Gasteiger partial charge on any atom is 0.200 e. The van der Waals surface area contributed by atoms with Crippen LogP contribution in [0.25, 0.3) is 10.9 Å². The number of benzene rings is 2. The maximum atomic E-state index is 13.9. The van der Waals surface area contributed by atoms with E-state index in [1.54, 1.807) is 0 Å². The van der Waals surface area contributed by atoms with Crippen molar-refractivity contribution in [2.24, 2.45) is 0 Å². The molecule has 0 amide bonds. The quantitative estimate of drug-likeness (QED) is 0.147. The Morgan fingerprint density at radius 3 is 1.97 bits per heavy atom. The Balaban J connectivity index is 1.39. The maximum absolute atomic E-state index is 13.9. The van der Waals surface area contributed by atoms with Gasteiger partial charge in [-0.1, -0.05) is 57.2 Å². The van der Waals surface area contributed by atoms with Gasteiger partial charge in [-0.3, -0.25) is 0 Å². The van der Waals surface area contributed by atoms with Crippen LogP contribution < -0.4 is 0 Å². The molecule has 3 rings (SSSR count). The van der Waals surface area contributed by atoms with Gasteiger partial charge < -0.3 is 10.1 Å². The van der Waals surface area contributed by atoms with Gasteiger partial charge in [-0.25, -0.2) is 22.0 Å². The highest BCUT2D eigenvalue weighted by molar-refractivity contribution is 5.80. The number of hydrogen-bond acceptors (Lipinski definition) is 1. The van der Waals surface area contributed by atoms with Gasteiger partial charge in [-0.15, -0.1) is 0 Å². The fourth-order valence-electron chi connectivity index (χ4n) is 3.95. The van der Waals surface area contributed by atoms with Gasteiger partial charge in [0.2, 0.25) is 5.82 Å². The van der Waals surface area contributed by atoms with Crippen LogP contribution >= 0.6 is 0 Å². The summed E-state index contributed by atoms with van der Waals surface area (Å²) in [5, 5.41) is 11.4. The highest BCUT2D eigenvalue weighted by Gasteiger charge is 2.28. The van der Waals surface area contributed by atoms with E-state index < -0.39 is 46.7 Å². The van der Waals surface area contributed by atoms with Crippen molar-refractivity contribution in [2.75, 3.05) is 0 Å². The van der Waals surface area contributed by atoms with Gasteiger partial charge >= 0.3 is 0 Å². The molecule has 0 saturated heterocycles. The molecule has 0 spiro atoms. The molecule has 2 unspecified atom stereocenters. The minimum atomic E-state index is -2.12. The van der Waals surface area contributed by atoms with Crippen LogP contribution in [0.15, 0.2) is 30.3 Å². The summed E-state index contributed by atoms with van der Waals surface area (Å²) in [6.07, 6.45) is 4.35. The third-order valence-electron chi connectivity index (χ3n) is 5.76. The zero-order chi connectivity index (χ0) is 22.5. The first-order valence-electron chi connectivity index (χ1n) is 10.6. The first-order chi connectivity index (χ1) is 14.8. The van der Waals surface area contributed by atoms with E-state index in [-0.39, 0.29) is 0 Å². The molecule has 0 aliphatic heterocycles. The molecular weight excluding hydrogens is 413 g/mol. The molecule has 0 aliphatic rings. The lowest BCUT2D eigenvalue weighted by Gasteiger charge is -2.15. The Morgan fingerprint density at radius 1 is 0.774 bits per heavy atom. The van der Waals surface area contributed by atoms with Gasteiger partial charge in [-0.2, -0.15) is 0 Å². The van der Waals surface area contributed by atoms with E-state index in [2.05, 4.69) is 4.98 Å². The molecule has 2 aromatic carbocycles. The Morgan fingerprint density at radius 2 is 1.32 bits per heavy atom. The molecule has 2 N–H and O–H groups in total. The van der Waals surface area contributed by atoms with E-state index in [1.807, 2.05) is 30.3 Å². The van der Waals surface area contributed by atoms with Gasteiger partial charge in [0, 0.05) is 16.8 Å². The largest absolute Gasteiger partial charge is 0.387 e. The molecule has 0 bridgehead atoms. The number of H-pyrrole nitrogens is 1. The van der Waals surface area contributed by atoms with Crippen LogP contribution in [-0.4, -0.2) is 10.1 Å². The zero-order valence-corrected chi connectivity index (χ0v) is 17.3. The number of rotatable bonds is 10. The molecule has 168 valence electrons. The zero-order valence-electron chi connectivity index (χ0n) is 17.3. The Kier molecular flexibility index (Phi) is 7.70. The Bertz CT molecular complexity index is 970. The first-order valence-corrected chi connectivity index (χ1v) is 10.6. The normalized spacial score (nSPS) is 13.6. The molecule has 0 aliphatic carbocycles. The van der Waals surface area contributed by atoms with Crippen molar-refractivity contribution in [3.63, 3.8) is 0 Å². The van der Waals surface area contributed by atoms with Crippen LogP contribution in [0.4, 0.5) is 22.0 Å². The number of aromatic nitrogens is 1. The molecule has 2 nitrogen and oxygen atoms in total. The monoisotopic (exact) mass is 439 g/mol. The predicted octanol–water partition coefficient (Wildman–Crippen LogP) is 7.43. The van der Waals surface area contributed by atoms with Crippen molar-refractivity contribution in [1.82, 2.24) is 4.98 Å². The smallest absolute Gasteiger partial charge is 0.200 e. The summed E-state index contributed by atoms with van der Waals surface area (Å²) >= 11 is 0. The van der Waals surface area contributed by atoms with Crippen LogP contribution in [0, 0.1) is 29.1 Å². The van der Waals surface area contributed by atoms with E-state index in [1.165, 1.54) is 6.92 Å². The molecule has 1 aromatic heterocycles. The topological polar surface area (TPSA) is 36.0 Å². The number of nitrogens with one attached hydrogen (secondary N) is 1. The molecule has 0 saturated carbocycles. The number of aliphatic hydroxyl groups is 1. The number of fused-ring (bicyclic) bond motifs is 1. The second-order valence-corrected chi connectivity index (χ2v) is 8.06. The van der Waals surface area contributed by atoms with Gasteiger partial charge in [-0.05, 0) is 36.3 Å². The minimum Gasteiger partial charge on any atom is -0.387 e. The van der Waals surface area contributed by atoms with Gasteiger partial charge in [0.25, 0.3) is 0 Å². The molecule has 2 atom stereocenters. The summed E-state index contributed by atoms with van der Waals surface area (Å²) in [5.41, 5.74) is 1.04. The third kappa shape index (κ3) is 5.26. The van der Waals surface area contributed by atoms with E-state index >= 15 is 0 Å². The van der Waals surface area contributed by atoms with Gasteiger partial charge in [0.05, 0.1) is 6.10 Å². The van der Waals surface area contributed by atoms with E-state index in [9.17, 15) is 27.1 Å². The SMILES string of the molecule is CC(CCCCCCCC(O)c1cc2ccccc2[nH]1)c1c(F)c(F)c(F)c(F)c1F. The van der Waals surface area contributed by atoms with Crippen molar-refractivity contribution < 1.29 is 27.1 Å². The third-order valence-corrected chi connectivity index (χ3v) is 5.76. The lowest BCUT2D eigenvalue weighted by Crippen LogP contribution is -2.10. The number of aromatic amines is 1. The second-order valence-electron chi connectivity index (χ2n) is 8.06. The number of unbranched alkanes of at least 4 members (excludes halogenated alkanes) is 4. The minimum absolute atomic E-state index is 0.329. The molecule has 7 heteroatoms. The van der Waals surface area contributed by atoms with Crippen LogP contribution in [0.3, 0.4) is 0 Å². The summed E-state index contributed by atoms with van der Waals surface area (Å²) < 4.78 is 67.6. The standard InChI is InChI=1S/C24H26F5NO/c1-14(19-20(25)22(27)24(29)23(28)21(19)26)9-5-3-2-4-6-12-18(31)17-13-15-10-7-8-11-16(15)30-17/h7-8,10-11,13-14,18,30-31H,2-6,9,12H2,1H3. The first kappa shape index (κ1) is 23.3. The van der Waals surface area contributed by atoms with Gasteiger partial charge in [0.1, 0.15) is 0 Å². The Hall–Kier alpha value is -2.41. The van der Waals surface area contributed by atoms with Gasteiger partial charge in [0.15, 0.2) is 23.3 Å². The van der Waals surface area contributed by atoms with Crippen LogP contribution in [-0.2, 0) is 0 Å². The highest BCUT2D eigenvalue weighted by atomic mass is 19.2. The number of para-hydroxylation sites is 1. The van der Waals surface area contributed by atoms with Crippen LogP contribution in [0.2, 0.25) is 0 Å². The number of hydrogen-bond donors (Lipinski definition) is 2. The fourth-order valence-corrected chi connectivity index (χ4v) is 3.95. The highest BCUT2D eigenvalue weighted by Crippen LogP contribution is 2.32. The van der Waals surface area contributed by atoms with E-state index in [4.69, 9.17) is 0 Å². The van der Waals surface area contributed by atoms with Crippen molar-refractivity contribution in [1.29, 1.82) is 0 Å². The van der Waals surface area contributed by atoms with Crippen molar-refractivity contribution in [3.8, 4) is 0 Å². The molecule has 31 heavy (non-hydrogen) atoms. The summed E-state index contributed by atoms with van der Waals surface area (Å²) in [6.45, 7) is 1.47. The Labute approximate surface area is 178 Å². The molecule has 1 heterocycles. The van der Waals surface area contributed by atoms with Crippen LogP contribution in [0.1, 0.15) is 75.1 Å². The lowest BCUT2D eigenvalue weighted by molar-refractivity contribution is 0.159. The summed E-state index contributed by atoms with van der Waals surface area (Å²) in [5.74, 6) is -10.2. The van der Waals surface area contributed by atoms with E-state index in [0.29, 0.717) is 19.3 Å². The number of aliphatic hydroxyl groups excluding tert-OH is 1. The average molecular weight is 439 g/mol. The van der Waals surface area contributed by atoms with E-state index in [0.717, 1.165) is 42.3 Å². The molecule has 3 aromatic rings. The number of halogens is 5.